The van der Waals surface area contributed by atoms with Crippen LogP contribution in [0.3, 0.4) is 0 Å². The number of hydrogen-bond acceptors (Lipinski definition) is 4. The zero-order valence-corrected chi connectivity index (χ0v) is 17.5. The largest absolute Gasteiger partial charge is 0.357 e. The van der Waals surface area contributed by atoms with Crippen LogP contribution in [-0.2, 0) is 16.6 Å². The molecule has 0 saturated heterocycles. The van der Waals surface area contributed by atoms with Gasteiger partial charge in [-0.25, -0.2) is 18.5 Å². The Labute approximate surface area is 171 Å². The minimum atomic E-state index is -3.71. The minimum Gasteiger partial charge on any atom is -0.357 e. The third-order valence-corrected chi connectivity index (χ3v) is 6.86. The topological polar surface area (TPSA) is 96.6 Å². The number of nitrogens with zero attached hydrogens (tertiary/aromatic N) is 1. The summed E-state index contributed by atoms with van der Waals surface area (Å²) in [6, 6.07) is 17.0. The Morgan fingerprint density at radius 3 is 2.54 bits per heavy atom. The van der Waals surface area contributed by atoms with Crippen LogP contribution in [0.5, 0.6) is 0 Å². The van der Waals surface area contributed by atoms with Gasteiger partial charge in [-0.1, -0.05) is 30.3 Å². The normalized spacial score (nSPS) is 15.9. The summed E-state index contributed by atoms with van der Waals surface area (Å²) in [5.41, 5.74) is 0.795. The maximum absolute atomic E-state index is 11.5. The molecule has 0 aliphatic heterocycles. The highest BCUT2D eigenvalue weighted by Crippen LogP contribution is 2.51. The van der Waals surface area contributed by atoms with Crippen LogP contribution >= 0.6 is 11.8 Å². The molecule has 2 aromatic carbocycles. The van der Waals surface area contributed by atoms with Crippen molar-refractivity contribution in [3.63, 3.8) is 0 Å². The molecule has 1 fully saturated rings. The maximum atomic E-state index is 11.5. The fourth-order valence-corrected chi connectivity index (χ4v) is 4.60. The molecule has 1 aliphatic rings. The standard InChI is InChI=1S/C20H26N4O2S2/c1-2-22-19(23-14-16-7-6-10-18(13-16)28(21,25)26)24-15-20(11-12-20)27-17-8-4-3-5-9-17/h3-10,13H,2,11-12,14-15H2,1H3,(H2,21,25,26)(H2,22,23,24). The highest BCUT2D eigenvalue weighted by molar-refractivity contribution is 8.01. The van der Waals surface area contributed by atoms with E-state index < -0.39 is 10.0 Å². The van der Waals surface area contributed by atoms with Crippen molar-refractivity contribution in [1.29, 1.82) is 0 Å². The third kappa shape index (κ3) is 5.98. The van der Waals surface area contributed by atoms with E-state index in [-0.39, 0.29) is 9.64 Å². The molecule has 1 aliphatic carbocycles. The van der Waals surface area contributed by atoms with Gasteiger partial charge in [0.25, 0.3) is 0 Å². The lowest BCUT2D eigenvalue weighted by Crippen LogP contribution is -2.41. The summed E-state index contributed by atoms with van der Waals surface area (Å²) in [6.45, 7) is 3.97. The van der Waals surface area contributed by atoms with Crippen molar-refractivity contribution in [3.8, 4) is 0 Å². The van der Waals surface area contributed by atoms with E-state index >= 15 is 0 Å². The smallest absolute Gasteiger partial charge is 0.238 e. The number of aliphatic imine (C=N–C) groups is 1. The second kappa shape index (κ2) is 8.98. The monoisotopic (exact) mass is 418 g/mol. The third-order valence-electron chi connectivity index (χ3n) is 4.45. The van der Waals surface area contributed by atoms with Crippen molar-refractivity contribution in [2.24, 2.45) is 10.1 Å². The Hall–Kier alpha value is -2.03. The molecule has 8 heteroatoms. The zero-order chi connectivity index (χ0) is 20.0. The molecule has 0 aromatic heterocycles. The number of sulfonamides is 1. The Morgan fingerprint density at radius 2 is 1.89 bits per heavy atom. The van der Waals surface area contributed by atoms with Crippen molar-refractivity contribution in [2.75, 3.05) is 13.1 Å². The Bertz CT molecular complexity index is 926. The number of nitrogens with one attached hydrogen (secondary N) is 2. The first kappa shape index (κ1) is 20.7. The second-order valence-electron chi connectivity index (χ2n) is 6.84. The van der Waals surface area contributed by atoms with Gasteiger partial charge in [-0.3, -0.25) is 0 Å². The molecule has 4 N–H and O–H groups in total. The molecular weight excluding hydrogens is 392 g/mol. The number of primary sulfonamides is 1. The minimum absolute atomic E-state index is 0.106. The molecule has 0 radical (unpaired) electrons. The highest BCUT2D eigenvalue weighted by atomic mass is 32.2. The van der Waals surface area contributed by atoms with Gasteiger partial charge in [0.05, 0.1) is 11.4 Å². The second-order valence-corrected chi connectivity index (χ2v) is 9.94. The summed E-state index contributed by atoms with van der Waals surface area (Å²) < 4.78 is 23.2. The van der Waals surface area contributed by atoms with Gasteiger partial charge >= 0.3 is 0 Å². The quantitative estimate of drug-likeness (QED) is 0.452. The number of nitrogens with two attached hydrogens (primary N) is 1. The molecule has 0 bridgehead atoms. The van der Waals surface area contributed by atoms with Gasteiger partial charge in [-0.05, 0) is 49.6 Å². The number of benzene rings is 2. The lowest BCUT2D eigenvalue weighted by atomic mass is 10.2. The molecule has 1 saturated carbocycles. The van der Waals surface area contributed by atoms with Crippen molar-refractivity contribution < 1.29 is 8.42 Å². The fourth-order valence-electron chi connectivity index (χ4n) is 2.77. The van der Waals surface area contributed by atoms with Crippen LogP contribution in [-0.4, -0.2) is 32.2 Å². The van der Waals surface area contributed by atoms with E-state index in [1.165, 1.54) is 23.8 Å². The van der Waals surface area contributed by atoms with Crippen LogP contribution in [0, 0.1) is 0 Å². The first-order valence-corrected chi connectivity index (χ1v) is 11.6. The van der Waals surface area contributed by atoms with Crippen LogP contribution in [0.2, 0.25) is 0 Å². The zero-order valence-electron chi connectivity index (χ0n) is 15.9. The first-order valence-electron chi connectivity index (χ1n) is 9.28. The molecule has 6 nitrogen and oxygen atoms in total. The molecule has 28 heavy (non-hydrogen) atoms. The summed E-state index contributed by atoms with van der Waals surface area (Å²) in [5, 5.41) is 11.9. The summed E-state index contributed by atoms with van der Waals surface area (Å²) in [4.78, 5) is 5.98. The van der Waals surface area contributed by atoms with Gasteiger partial charge in [0.1, 0.15) is 0 Å². The lowest BCUT2D eigenvalue weighted by Gasteiger charge is -2.18. The molecule has 150 valence electrons. The average Bonchev–Trinajstić information content (AvgIpc) is 3.44. The highest BCUT2D eigenvalue weighted by Gasteiger charge is 2.43. The van der Waals surface area contributed by atoms with Crippen LogP contribution in [0.25, 0.3) is 0 Å². The molecule has 3 rings (SSSR count). The van der Waals surface area contributed by atoms with Gasteiger partial charge in [-0.2, -0.15) is 0 Å². The van der Waals surface area contributed by atoms with E-state index in [0.717, 1.165) is 24.6 Å². The molecule has 0 atom stereocenters. The van der Waals surface area contributed by atoms with E-state index in [1.54, 1.807) is 12.1 Å². The molecule has 0 heterocycles. The predicted molar refractivity (Wildman–Crippen MR) is 115 cm³/mol. The van der Waals surface area contributed by atoms with Crippen LogP contribution in [0.1, 0.15) is 25.3 Å². The van der Waals surface area contributed by atoms with Gasteiger partial charge in [0.15, 0.2) is 5.96 Å². The van der Waals surface area contributed by atoms with Gasteiger partial charge in [-0.15, -0.1) is 11.8 Å². The van der Waals surface area contributed by atoms with Crippen molar-refractivity contribution in [2.45, 2.75) is 40.8 Å². The molecule has 0 unspecified atom stereocenters. The lowest BCUT2D eigenvalue weighted by molar-refractivity contribution is 0.597. The SMILES string of the molecule is CCNC(=NCc1cccc(S(N)(=O)=O)c1)NCC1(Sc2ccccc2)CC1. The average molecular weight is 419 g/mol. The maximum Gasteiger partial charge on any atom is 0.238 e. The molecule has 0 spiro atoms. The van der Waals surface area contributed by atoms with Crippen molar-refractivity contribution >= 4 is 27.7 Å². The summed E-state index contributed by atoms with van der Waals surface area (Å²) >= 11 is 1.91. The van der Waals surface area contributed by atoms with Crippen LogP contribution in [0.15, 0.2) is 69.4 Å². The first-order chi connectivity index (χ1) is 13.4. The Morgan fingerprint density at radius 1 is 1.14 bits per heavy atom. The van der Waals surface area contributed by atoms with E-state index in [2.05, 4.69) is 39.9 Å². The van der Waals surface area contributed by atoms with E-state index in [1.807, 2.05) is 30.8 Å². The molecular formula is C20H26N4O2S2. The summed E-state index contributed by atoms with van der Waals surface area (Å²) in [5.74, 6) is 0.725. The predicted octanol–water partition coefficient (Wildman–Crippen LogP) is 2.71. The van der Waals surface area contributed by atoms with Gasteiger partial charge < -0.3 is 10.6 Å². The van der Waals surface area contributed by atoms with E-state index in [9.17, 15) is 8.42 Å². The number of rotatable bonds is 8. The van der Waals surface area contributed by atoms with Gasteiger partial charge in [0, 0.05) is 22.7 Å². The number of guanidine groups is 1. The fraction of sp³-hybridized carbons (Fsp3) is 0.350. The van der Waals surface area contributed by atoms with Crippen molar-refractivity contribution in [3.05, 3.63) is 60.2 Å². The number of thioether (sulfide) groups is 1. The number of hydrogen-bond donors (Lipinski definition) is 3. The Balaban J connectivity index is 1.62. The van der Waals surface area contributed by atoms with Crippen molar-refractivity contribution in [1.82, 2.24) is 10.6 Å². The van der Waals surface area contributed by atoms with Crippen LogP contribution in [0.4, 0.5) is 0 Å². The summed E-state index contributed by atoms with van der Waals surface area (Å²) in [7, 11) is -3.71. The van der Waals surface area contributed by atoms with E-state index in [4.69, 9.17) is 5.14 Å². The molecule has 2 aromatic rings. The van der Waals surface area contributed by atoms with Gasteiger partial charge in [0.2, 0.25) is 10.0 Å². The molecule has 0 amide bonds. The Kier molecular flexibility index (Phi) is 6.64. The summed E-state index contributed by atoms with van der Waals surface area (Å²) in [6.07, 6.45) is 2.35. The van der Waals surface area contributed by atoms with Crippen LogP contribution < -0.4 is 15.8 Å². The van der Waals surface area contributed by atoms with E-state index in [0.29, 0.717) is 6.54 Å².